The van der Waals surface area contributed by atoms with Gasteiger partial charge in [-0.05, 0) is 29.4 Å². The minimum atomic E-state index is -0.00472. The van der Waals surface area contributed by atoms with Gasteiger partial charge in [0.05, 0.1) is 0 Å². The van der Waals surface area contributed by atoms with E-state index >= 15 is 0 Å². The average molecular weight is 289 g/mol. The van der Waals surface area contributed by atoms with Gasteiger partial charge in [0, 0.05) is 24.3 Å². The largest absolute Gasteiger partial charge is 0.373 e. The lowest BCUT2D eigenvalue weighted by Crippen LogP contribution is -2.30. The molecule has 1 aliphatic carbocycles. The van der Waals surface area contributed by atoms with Crippen molar-refractivity contribution in [2.75, 3.05) is 12.4 Å². The fraction of sp³-hybridized carbons (Fsp3) is 0.647. The minimum Gasteiger partial charge on any atom is -0.373 e. The molecule has 1 amide bonds. The second-order valence-corrected chi connectivity index (χ2v) is 7.08. The van der Waals surface area contributed by atoms with E-state index in [1.807, 2.05) is 19.2 Å². The number of hydrogen-bond acceptors (Lipinski definition) is 3. The van der Waals surface area contributed by atoms with E-state index in [1.54, 1.807) is 0 Å². The van der Waals surface area contributed by atoms with Gasteiger partial charge in [-0.25, -0.2) is 4.98 Å². The third-order valence-corrected chi connectivity index (χ3v) is 5.20. The number of pyridine rings is 1. The van der Waals surface area contributed by atoms with Crippen LogP contribution in [-0.4, -0.2) is 24.0 Å². The lowest BCUT2D eigenvalue weighted by molar-refractivity contribution is 0.0943. The van der Waals surface area contributed by atoms with Crippen molar-refractivity contribution in [2.24, 2.45) is 10.8 Å². The van der Waals surface area contributed by atoms with E-state index < -0.39 is 0 Å². The zero-order valence-electron chi connectivity index (χ0n) is 14.0. The average Bonchev–Trinajstić information content (AvgIpc) is 2.81. The van der Waals surface area contributed by atoms with Crippen molar-refractivity contribution in [3.05, 3.63) is 23.4 Å². The Hall–Kier alpha value is -1.58. The highest BCUT2D eigenvalue weighted by Gasteiger charge is 2.65. The normalized spacial score (nSPS) is 19.1. The first-order chi connectivity index (χ1) is 9.73. The summed E-state index contributed by atoms with van der Waals surface area (Å²) in [5, 5.41) is 6.21. The van der Waals surface area contributed by atoms with Gasteiger partial charge in [0.15, 0.2) is 0 Å². The van der Waals surface area contributed by atoms with E-state index in [-0.39, 0.29) is 22.8 Å². The van der Waals surface area contributed by atoms with Gasteiger partial charge in [0.25, 0.3) is 5.91 Å². The molecule has 1 saturated carbocycles. The van der Waals surface area contributed by atoms with E-state index in [4.69, 9.17) is 0 Å². The van der Waals surface area contributed by atoms with Gasteiger partial charge in [0.1, 0.15) is 5.82 Å². The predicted octanol–water partition coefficient (Wildman–Crippen LogP) is 3.24. The first-order valence-corrected chi connectivity index (χ1v) is 7.73. The van der Waals surface area contributed by atoms with Crippen LogP contribution in [0.3, 0.4) is 0 Å². The van der Waals surface area contributed by atoms with Gasteiger partial charge >= 0.3 is 0 Å². The van der Waals surface area contributed by atoms with Crippen LogP contribution in [0.1, 0.15) is 57.1 Å². The molecule has 0 aliphatic heterocycles. The van der Waals surface area contributed by atoms with Crippen molar-refractivity contribution in [2.45, 2.75) is 53.5 Å². The van der Waals surface area contributed by atoms with Crippen molar-refractivity contribution in [3.8, 4) is 0 Å². The molecule has 1 fully saturated rings. The molecule has 4 nitrogen and oxygen atoms in total. The number of aryl methyl sites for hydroxylation is 1. The van der Waals surface area contributed by atoms with Crippen LogP contribution in [0.15, 0.2) is 12.1 Å². The molecule has 0 atom stereocenters. The van der Waals surface area contributed by atoms with E-state index in [0.717, 1.165) is 24.4 Å². The minimum absolute atomic E-state index is 0.00472. The molecule has 1 aliphatic rings. The van der Waals surface area contributed by atoms with Crippen molar-refractivity contribution in [3.63, 3.8) is 0 Å². The highest BCUT2D eigenvalue weighted by Crippen LogP contribution is 2.62. The number of hydrogen-bond donors (Lipinski definition) is 2. The number of rotatable bonds is 5. The summed E-state index contributed by atoms with van der Waals surface area (Å²) in [7, 11) is 1.83. The Balaban J connectivity index is 2.18. The smallest absolute Gasteiger partial charge is 0.251 e. The van der Waals surface area contributed by atoms with E-state index in [0.29, 0.717) is 5.56 Å². The first-order valence-electron chi connectivity index (χ1n) is 7.73. The van der Waals surface area contributed by atoms with Crippen LogP contribution in [0.25, 0.3) is 0 Å². The van der Waals surface area contributed by atoms with Crippen LogP contribution in [0.5, 0.6) is 0 Å². The van der Waals surface area contributed by atoms with Crippen LogP contribution in [0, 0.1) is 10.8 Å². The molecule has 116 valence electrons. The lowest BCUT2D eigenvalue weighted by atomic mass is 10.0. The number of amides is 1. The number of nitrogens with one attached hydrogen (secondary N) is 2. The number of aromatic nitrogens is 1. The monoisotopic (exact) mass is 289 g/mol. The Labute approximate surface area is 127 Å². The van der Waals surface area contributed by atoms with Crippen LogP contribution in [0.2, 0.25) is 0 Å². The second kappa shape index (κ2) is 5.32. The molecule has 2 N–H and O–H groups in total. The summed E-state index contributed by atoms with van der Waals surface area (Å²) in [6, 6.07) is 3.94. The molecule has 21 heavy (non-hydrogen) atoms. The van der Waals surface area contributed by atoms with Crippen molar-refractivity contribution in [1.29, 1.82) is 0 Å². The molecular weight excluding hydrogens is 262 g/mol. The number of carbonyl (C=O) groups is 1. The SMILES string of the molecule is CCCc1cc(C(=O)NC2C(C)(C)C2(C)C)cc(NC)n1. The van der Waals surface area contributed by atoms with Crippen LogP contribution in [-0.2, 0) is 6.42 Å². The van der Waals surface area contributed by atoms with Crippen LogP contribution in [0.4, 0.5) is 5.82 Å². The maximum absolute atomic E-state index is 12.5. The molecule has 0 bridgehead atoms. The molecule has 1 heterocycles. The Bertz CT molecular complexity index is 535. The van der Waals surface area contributed by atoms with Crippen LogP contribution >= 0.6 is 0 Å². The Kier molecular flexibility index (Phi) is 4.00. The van der Waals surface area contributed by atoms with Gasteiger partial charge in [-0.3, -0.25) is 4.79 Å². The summed E-state index contributed by atoms with van der Waals surface area (Å²) in [4.78, 5) is 17.0. The number of carbonyl (C=O) groups excluding carboxylic acids is 1. The molecular formula is C17H27N3O. The molecule has 4 heteroatoms. The maximum Gasteiger partial charge on any atom is 0.251 e. The number of anilines is 1. The van der Waals surface area contributed by atoms with Gasteiger partial charge < -0.3 is 10.6 Å². The van der Waals surface area contributed by atoms with Crippen molar-refractivity contribution >= 4 is 11.7 Å². The summed E-state index contributed by atoms with van der Waals surface area (Å²) in [5.41, 5.74) is 1.95. The van der Waals surface area contributed by atoms with Gasteiger partial charge in [-0.15, -0.1) is 0 Å². The number of nitrogens with zero attached hydrogens (tertiary/aromatic N) is 1. The van der Waals surface area contributed by atoms with Gasteiger partial charge in [-0.2, -0.15) is 0 Å². The summed E-state index contributed by atoms with van der Waals surface area (Å²) in [5.74, 6) is 0.746. The molecule has 1 aromatic rings. The molecule has 0 aromatic carbocycles. The zero-order chi connectivity index (χ0) is 15.8. The molecule has 0 radical (unpaired) electrons. The van der Waals surface area contributed by atoms with E-state index in [1.165, 1.54) is 0 Å². The lowest BCUT2D eigenvalue weighted by Gasteiger charge is -2.10. The quantitative estimate of drug-likeness (QED) is 0.875. The highest BCUT2D eigenvalue weighted by molar-refractivity contribution is 5.95. The molecule has 1 aromatic heterocycles. The summed E-state index contributed by atoms with van der Waals surface area (Å²) in [6.45, 7) is 10.9. The molecule has 0 spiro atoms. The fourth-order valence-corrected chi connectivity index (χ4v) is 3.00. The molecule has 0 unspecified atom stereocenters. The van der Waals surface area contributed by atoms with E-state index in [2.05, 4.69) is 50.2 Å². The Morgan fingerprint density at radius 1 is 1.24 bits per heavy atom. The molecule has 2 rings (SSSR count). The fourth-order valence-electron chi connectivity index (χ4n) is 3.00. The topological polar surface area (TPSA) is 54.0 Å². The first kappa shape index (κ1) is 15.8. The zero-order valence-corrected chi connectivity index (χ0v) is 14.0. The maximum atomic E-state index is 12.5. The highest BCUT2D eigenvalue weighted by atomic mass is 16.1. The van der Waals surface area contributed by atoms with Crippen molar-refractivity contribution < 1.29 is 4.79 Å². The Morgan fingerprint density at radius 2 is 1.86 bits per heavy atom. The third kappa shape index (κ3) is 2.76. The summed E-state index contributed by atoms with van der Waals surface area (Å²) < 4.78 is 0. The molecule has 0 saturated heterocycles. The van der Waals surface area contributed by atoms with E-state index in [9.17, 15) is 4.79 Å². The van der Waals surface area contributed by atoms with Crippen LogP contribution < -0.4 is 10.6 Å². The summed E-state index contributed by atoms with van der Waals surface area (Å²) >= 11 is 0. The third-order valence-electron chi connectivity index (χ3n) is 5.20. The second-order valence-electron chi connectivity index (χ2n) is 7.08. The standard InChI is InChI=1S/C17H27N3O/c1-7-8-12-9-11(10-13(18-6)19-12)14(21)20-15-16(2,3)17(15,4)5/h9-10,15H,7-8H2,1-6H3,(H,18,19)(H,20,21). The van der Waals surface area contributed by atoms with Crippen molar-refractivity contribution in [1.82, 2.24) is 10.3 Å². The predicted molar refractivity (Wildman–Crippen MR) is 86.6 cm³/mol. The Morgan fingerprint density at radius 3 is 2.33 bits per heavy atom. The summed E-state index contributed by atoms with van der Waals surface area (Å²) in [6.07, 6.45) is 1.90. The van der Waals surface area contributed by atoms with Gasteiger partial charge in [0.2, 0.25) is 0 Å². The van der Waals surface area contributed by atoms with Gasteiger partial charge in [-0.1, -0.05) is 41.0 Å².